The van der Waals surface area contributed by atoms with Gasteiger partial charge < -0.3 is 28.5 Å². The van der Waals surface area contributed by atoms with Crippen LogP contribution < -0.4 is 5.32 Å². The Labute approximate surface area is 207 Å². The molecule has 1 N–H and O–H groups in total. The van der Waals surface area contributed by atoms with Crippen molar-refractivity contribution >= 4 is 11.8 Å². The van der Waals surface area contributed by atoms with Crippen molar-refractivity contribution in [2.24, 2.45) is 0 Å². The van der Waals surface area contributed by atoms with Gasteiger partial charge in [-0.2, -0.15) is 4.80 Å². The van der Waals surface area contributed by atoms with Gasteiger partial charge in [0.25, 0.3) is 5.91 Å². The molecular formula is C24H30N6O6. The lowest BCUT2D eigenvalue weighted by Gasteiger charge is -2.31. The number of hydrogen-bond acceptors (Lipinski definition) is 9. The highest BCUT2D eigenvalue weighted by Gasteiger charge is 2.36. The lowest BCUT2D eigenvalue weighted by atomic mass is 10.1. The van der Waals surface area contributed by atoms with Gasteiger partial charge in [0.1, 0.15) is 18.1 Å². The van der Waals surface area contributed by atoms with E-state index in [9.17, 15) is 9.59 Å². The van der Waals surface area contributed by atoms with E-state index in [0.717, 1.165) is 31.4 Å². The number of nitrogens with one attached hydrogen (secondary N) is 1. The molecule has 5 rings (SSSR count). The molecule has 3 aromatic heterocycles. The van der Waals surface area contributed by atoms with Gasteiger partial charge in [0.15, 0.2) is 11.8 Å². The molecule has 5 heterocycles. The van der Waals surface area contributed by atoms with Gasteiger partial charge >= 0.3 is 0 Å². The number of hydrogen-bond donors (Lipinski definition) is 1. The Bertz CT molecular complexity index is 1150. The fraction of sp³-hybridized carbons (Fsp3) is 0.542. The smallest absolute Gasteiger partial charge is 0.250 e. The average Bonchev–Trinajstić information content (AvgIpc) is 3.68. The quantitative estimate of drug-likeness (QED) is 0.444. The SMILES string of the molecule is Cc1ccc(-c2nnn(CC(=O)N(CC3CCCO3)C(C(=O)NCC3CCCO3)c3ccco3)n2)o1. The van der Waals surface area contributed by atoms with E-state index in [1.54, 1.807) is 24.3 Å². The van der Waals surface area contributed by atoms with E-state index in [4.69, 9.17) is 18.3 Å². The lowest BCUT2D eigenvalue weighted by molar-refractivity contribution is -0.144. The zero-order valence-corrected chi connectivity index (χ0v) is 20.2. The van der Waals surface area contributed by atoms with Crippen LogP contribution in [-0.4, -0.2) is 75.4 Å². The highest BCUT2D eigenvalue weighted by molar-refractivity contribution is 5.88. The van der Waals surface area contributed by atoms with Gasteiger partial charge in [0.05, 0.1) is 18.5 Å². The Morgan fingerprint density at radius 1 is 1.17 bits per heavy atom. The number of ether oxygens (including phenoxy) is 2. The van der Waals surface area contributed by atoms with E-state index >= 15 is 0 Å². The lowest BCUT2D eigenvalue weighted by Crippen LogP contribution is -2.48. The maximum Gasteiger partial charge on any atom is 0.250 e. The van der Waals surface area contributed by atoms with Gasteiger partial charge in [-0.15, -0.1) is 10.2 Å². The fourth-order valence-corrected chi connectivity index (χ4v) is 4.52. The van der Waals surface area contributed by atoms with E-state index in [2.05, 4.69) is 20.7 Å². The molecule has 2 saturated heterocycles. The van der Waals surface area contributed by atoms with Gasteiger partial charge in [-0.25, -0.2) is 0 Å². The molecule has 0 radical (unpaired) electrons. The summed E-state index contributed by atoms with van der Waals surface area (Å²) in [5.74, 6) is 1.12. The van der Waals surface area contributed by atoms with Gasteiger partial charge in [0, 0.05) is 26.3 Å². The minimum Gasteiger partial charge on any atom is -0.467 e. The summed E-state index contributed by atoms with van der Waals surface area (Å²) < 4.78 is 22.6. The van der Waals surface area contributed by atoms with Crippen molar-refractivity contribution in [1.29, 1.82) is 0 Å². The van der Waals surface area contributed by atoms with Gasteiger partial charge in [-0.05, 0) is 62.1 Å². The van der Waals surface area contributed by atoms with Crippen LogP contribution in [0.25, 0.3) is 11.6 Å². The number of carbonyl (C=O) groups is 2. The van der Waals surface area contributed by atoms with Crippen LogP contribution in [0.4, 0.5) is 0 Å². The van der Waals surface area contributed by atoms with E-state index in [1.807, 2.05) is 6.92 Å². The number of rotatable bonds is 10. The van der Waals surface area contributed by atoms with Gasteiger partial charge in [-0.3, -0.25) is 9.59 Å². The number of nitrogens with zero attached hydrogens (tertiary/aromatic N) is 5. The van der Waals surface area contributed by atoms with Crippen molar-refractivity contribution in [2.75, 3.05) is 26.3 Å². The van der Waals surface area contributed by atoms with Gasteiger partial charge in [-0.1, -0.05) is 0 Å². The van der Waals surface area contributed by atoms with Crippen molar-refractivity contribution in [3.05, 3.63) is 42.0 Å². The summed E-state index contributed by atoms with van der Waals surface area (Å²) in [5.41, 5.74) is 0. The minimum absolute atomic E-state index is 0.0310. The monoisotopic (exact) mass is 498 g/mol. The van der Waals surface area contributed by atoms with Crippen molar-refractivity contribution in [1.82, 2.24) is 30.4 Å². The molecule has 12 heteroatoms. The molecule has 192 valence electrons. The van der Waals surface area contributed by atoms with E-state index in [1.165, 1.54) is 16.0 Å². The second-order valence-corrected chi connectivity index (χ2v) is 9.03. The Hall–Kier alpha value is -3.51. The number of tetrazole rings is 1. The molecule has 3 aromatic rings. The van der Waals surface area contributed by atoms with Crippen LogP contribution in [0.2, 0.25) is 0 Å². The largest absolute Gasteiger partial charge is 0.467 e. The number of amides is 2. The fourth-order valence-electron chi connectivity index (χ4n) is 4.52. The molecule has 0 bridgehead atoms. The van der Waals surface area contributed by atoms with Crippen molar-refractivity contribution in [3.63, 3.8) is 0 Å². The highest BCUT2D eigenvalue weighted by Crippen LogP contribution is 2.26. The van der Waals surface area contributed by atoms with E-state index < -0.39 is 6.04 Å². The molecule has 0 spiro atoms. The summed E-state index contributed by atoms with van der Waals surface area (Å²) in [6, 6.07) is 5.95. The first-order valence-corrected chi connectivity index (χ1v) is 12.3. The highest BCUT2D eigenvalue weighted by atomic mass is 16.5. The molecule has 3 unspecified atom stereocenters. The number of carbonyl (C=O) groups excluding carboxylic acids is 2. The van der Waals surface area contributed by atoms with E-state index in [0.29, 0.717) is 31.3 Å². The number of aromatic nitrogens is 4. The Morgan fingerprint density at radius 3 is 2.64 bits per heavy atom. The molecule has 2 aliphatic rings. The summed E-state index contributed by atoms with van der Waals surface area (Å²) in [6.45, 7) is 3.52. The van der Waals surface area contributed by atoms with Crippen LogP contribution in [0.5, 0.6) is 0 Å². The maximum absolute atomic E-state index is 13.6. The van der Waals surface area contributed by atoms with Crippen LogP contribution in [0.3, 0.4) is 0 Å². The first-order valence-electron chi connectivity index (χ1n) is 12.3. The third-order valence-corrected chi connectivity index (χ3v) is 6.34. The molecule has 0 aromatic carbocycles. The van der Waals surface area contributed by atoms with Crippen LogP contribution in [0.1, 0.15) is 43.2 Å². The number of aryl methyl sites for hydroxylation is 1. The molecule has 3 atom stereocenters. The molecule has 2 aliphatic heterocycles. The Balaban J connectivity index is 1.36. The van der Waals surface area contributed by atoms with Crippen LogP contribution in [0, 0.1) is 6.92 Å². The molecular weight excluding hydrogens is 468 g/mol. The number of furan rings is 2. The van der Waals surface area contributed by atoms with Crippen LogP contribution in [-0.2, 0) is 25.6 Å². The van der Waals surface area contributed by atoms with Crippen LogP contribution >= 0.6 is 0 Å². The average molecular weight is 499 g/mol. The van der Waals surface area contributed by atoms with Crippen LogP contribution in [0.15, 0.2) is 39.4 Å². The third-order valence-electron chi connectivity index (χ3n) is 6.34. The second-order valence-electron chi connectivity index (χ2n) is 9.03. The summed E-state index contributed by atoms with van der Waals surface area (Å²) in [4.78, 5) is 29.7. The first-order chi connectivity index (χ1) is 17.6. The Kier molecular flexibility index (Phi) is 7.42. The summed E-state index contributed by atoms with van der Waals surface area (Å²) in [5, 5.41) is 15.2. The van der Waals surface area contributed by atoms with Crippen molar-refractivity contribution in [2.45, 2.75) is 57.4 Å². The molecule has 0 saturated carbocycles. The second kappa shape index (κ2) is 11.0. The first kappa shape index (κ1) is 24.2. The normalized spacial score (nSPS) is 20.5. The zero-order valence-electron chi connectivity index (χ0n) is 20.2. The molecule has 2 fully saturated rings. The maximum atomic E-state index is 13.6. The summed E-state index contributed by atoms with van der Waals surface area (Å²) in [7, 11) is 0. The minimum atomic E-state index is -0.978. The molecule has 12 nitrogen and oxygen atoms in total. The van der Waals surface area contributed by atoms with Gasteiger partial charge in [0.2, 0.25) is 11.7 Å². The molecule has 2 amide bonds. The topological polar surface area (TPSA) is 138 Å². The zero-order chi connectivity index (χ0) is 24.9. The molecule has 36 heavy (non-hydrogen) atoms. The predicted octanol–water partition coefficient (Wildman–Crippen LogP) is 1.88. The van der Waals surface area contributed by atoms with E-state index in [-0.39, 0.29) is 42.9 Å². The van der Waals surface area contributed by atoms with Crippen molar-refractivity contribution < 1.29 is 27.9 Å². The van der Waals surface area contributed by atoms with Crippen molar-refractivity contribution in [3.8, 4) is 11.6 Å². The Morgan fingerprint density at radius 2 is 1.97 bits per heavy atom. The third kappa shape index (κ3) is 5.65. The molecule has 0 aliphatic carbocycles. The standard InChI is InChI=1S/C24H30N6O6/c1-16-8-9-20(36-16)23-26-28-30(27-23)15-21(31)29(14-18-6-3-11-34-18)22(19-7-4-12-35-19)24(32)25-13-17-5-2-10-33-17/h4,7-9,12,17-18,22H,2-3,5-6,10-11,13-15H2,1H3,(H,25,32). The predicted molar refractivity (Wildman–Crippen MR) is 124 cm³/mol. The summed E-state index contributed by atoms with van der Waals surface area (Å²) in [6.07, 6.45) is 4.84. The summed E-state index contributed by atoms with van der Waals surface area (Å²) >= 11 is 0.